The number of hydrogen-bond acceptors (Lipinski definition) is 4. The molecule has 0 saturated carbocycles. The van der Waals surface area contributed by atoms with E-state index in [0.717, 1.165) is 50.7 Å². The first-order valence-corrected chi connectivity index (χ1v) is 9.35. The first kappa shape index (κ1) is 18.4. The van der Waals surface area contributed by atoms with Gasteiger partial charge in [-0.25, -0.2) is 4.79 Å². The zero-order valence-corrected chi connectivity index (χ0v) is 15.9. The van der Waals surface area contributed by atoms with Crippen molar-refractivity contribution >= 4 is 5.97 Å². The summed E-state index contributed by atoms with van der Waals surface area (Å²) in [4.78, 5) is 12.0. The minimum Gasteiger partial charge on any atom is -0.466 e. The van der Waals surface area contributed by atoms with E-state index in [4.69, 9.17) is 14.2 Å². The lowest BCUT2D eigenvalue weighted by molar-refractivity contribution is -0.136. The Bertz CT molecular complexity index is 628. The number of hydrogen-bond donors (Lipinski definition) is 0. The van der Waals surface area contributed by atoms with E-state index in [-0.39, 0.29) is 23.8 Å². The van der Waals surface area contributed by atoms with Crippen LogP contribution in [0.15, 0.2) is 34.4 Å². The van der Waals surface area contributed by atoms with Crippen molar-refractivity contribution < 1.29 is 19.0 Å². The number of ether oxygens (including phenoxy) is 3. The number of esters is 1. The molecule has 138 valence electrons. The highest BCUT2D eigenvalue weighted by Gasteiger charge is 2.51. The van der Waals surface area contributed by atoms with Gasteiger partial charge >= 0.3 is 5.97 Å². The van der Waals surface area contributed by atoms with E-state index in [2.05, 4.69) is 26.8 Å². The Morgan fingerprint density at radius 1 is 1.28 bits per heavy atom. The topological polar surface area (TPSA) is 48.1 Å². The molecule has 0 aromatic carbocycles. The van der Waals surface area contributed by atoms with E-state index in [0.29, 0.717) is 0 Å². The van der Waals surface area contributed by atoms with E-state index in [1.54, 1.807) is 0 Å². The van der Waals surface area contributed by atoms with Crippen LogP contribution in [0.25, 0.3) is 0 Å². The standard InChI is InChI=1S/C21H30O4/c1-14-6-5-7-16(20(22)23-4)8-9-19-21(3,25-19)11-10-17-15(2)13-24-18(17)12-14/h7,12,18-19H,5-6,8-11,13H2,1-4H3/b14-12+,16-7-/t18-,19+,21+/m0/s1. The molecular formula is C21H30O4. The van der Waals surface area contributed by atoms with Crippen LogP contribution in [0.1, 0.15) is 59.3 Å². The van der Waals surface area contributed by atoms with Crippen molar-refractivity contribution in [1.29, 1.82) is 0 Å². The monoisotopic (exact) mass is 346 g/mol. The summed E-state index contributed by atoms with van der Waals surface area (Å²) in [5.41, 5.74) is 4.82. The lowest BCUT2D eigenvalue weighted by Gasteiger charge is -2.15. The van der Waals surface area contributed by atoms with Crippen molar-refractivity contribution in [3.8, 4) is 0 Å². The van der Waals surface area contributed by atoms with Gasteiger partial charge in [-0.3, -0.25) is 0 Å². The van der Waals surface area contributed by atoms with Crippen molar-refractivity contribution in [2.45, 2.75) is 77.1 Å². The summed E-state index contributed by atoms with van der Waals surface area (Å²) in [6, 6.07) is 0. The van der Waals surface area contributed by atoms with Crippen molar-refractivity contribution in [3.63, 3.8) is 0 Å². The summed E-state index contributed by atoms with van der Waals surface area (Å²) < 4.78 is 16.9. The molecule has 0 aromatic heterocycles. The Morgan fingerprint density at radius 3 is 2.84 bits per heavy atom. The fourth-order valence-electron chi connectivity index (χ4n) is 3.93. The molecule has 2 aliphatic heterocycles. The molecule has 0 radical (unpaired) electrons. The Balaban J connectivity index is 1.80. The highest BCUT2D eigenvalue weighted by Crippen LogP contribution is 2.45. The van der Waals surface area contributed by atoms with Crippen LogP contribution in [-0.4, -0.2) is 37.5 Å². The predicted molar refractivity (Wildman–Crippen MR) is 97.3 cm³/mol. The molecule has 0 spiro atoms. The summed E-state index contributed by atoms with van der Waals surface area (Å²) in [6.45, 7) is 7.25. The first-order valence-electron chi connectivity index (χ1n) is 9.35. The van der Waals surface area contributed by atoms with Crippen molar-refractivity contribution in [2.24, 2.45) is 0 Å². The lowest BCUT2D eigenvalue weighted by atomic mass is 9.90. The molecule has 0 unspecified atom stereocenters. The maximum absolute atomic E-state index is 12.0. The average Bonchev–Trinajstić information content (AvgIpc) is 3.10. The fourth-order valence-corrected chi connectivity index (χ4v) is 3.93. The molecule has 1 fully saturated rings. The molecule has 2 heterocycles. The van der Waals surface area contributed by atoms with Crippen LogP contribution in [0.4, 0.5) is 0 Å². The van der Waals surface area contributed by atoms with Gasteiger partial charge in [0.2, 0.25) is 0 Å². The first-order chi connectivity index (χ1) is 11.9. The Kier molecular flexibility index (Phi) is 5.49. The van der Waals surface area contributed by atoms with E-state index in [1.165, 1.54) is 23.8 Å². The molecule has 25 heavy (non-hydrogen) atoms. The third-order valence-corrected chi connectivity index (χ3v) is 5.79. The summed E-state index contributed by atoms with van der Waals surface area (Å²) >= 11 is 0. The second kappa shape index (κ2) is 7.46. The zero-order valence-electron chi connectivity index (χ0n) is 15.9. The summed E-state index contributed by atoms with van der Waals surface area (Å²) in [5.74, 6) is -0.212. The maximum Gasteiger partial charge on any atom is 0.333 e. The number of allylic oxidation sites excluding steroid dienone is 2. The quantitative estimate of drug-likeness (QED) is 0.404. The van der Waals surface area contributed by atoms with E-state index in [9.17, 15) is 4.79 Å². The lowest BCUT2D eigenvalue weighted by Crippen LogP contribution is -2.15. The number of carbonyl (C=O) groups is 1. The van der Waals surface area contributed by atoms with Crippen molar-refractivity contribution in [1.82, 2.24) is 0 Å². The van der Waals surface area contributed by atoms with Crippen LogP contribution in [0.5, 0.6) is 0 Å². The van der Waals surface area contributed by atoms with Gasteiger partial charge in [-0.2, -0.15) is 0 Å². The Hall–Kier alpha value is -1.39. The van der Waals surface area contributed by atoms with Gasteiger partial charge in [-0.15, -0.1) is 0 Å². The van der Waals surface area contributed by atoms with Crippen molar-refractivity contribution in [2.75, 3.05) is 13.7 Å². The summed E-state index contributed by atoms with van der Waals surface area (Å²) in [5, 5.41) is 0. The fraction of sp³-hybridized carbons (Fsp3) is 0.667. The normalized spacial score (nSPS) is 37.8. The van der Waals surface area contributed by atoms with Gasteiger partial charge < -0.3 is 14.2 Å². The molecule has 3 atom stereocenters. The molecule has 3 aliphatic rings. The molecule has 3 rings (SSSR count). The highest BCUT2D eigenvalue weighted by atomic mass is 16.6. The predicted octanol–water partition coefficient (Wildman–Crippen LogP) is 4.26. The van der Waals surface area contributed by atoms with E-state index >= 15 is 0 Å². The van der Waals surface area contributed by atoms with Gasteiger partial charge in [0.05, 0.1) is 31.5 Å². The van der Waals surface area contributed by atoms with Crippen LogP contribution in [0.3, 0.4) is 0 Å². The molecule has 1 saturated heterocycles. The van der Waals surface area contributed by atoms with Gasteiger partial charge in [-0.1, -0.05) is 17.7 Å². The third kappa shape index (κ3) is 4.24. The number of epoxide rings is 1. The largest absolute Gasteiger partial charge is 0.466 e. The summed E-state index contributed by atoms with van der Waals surface area (Å²) in [7, 11) is 1.45. The van der Waals surface area contributed by atoms with Crippen LogP contribution in [0, 0.1) is 0 Å². The average molecular weight is 346 g/mol. The van der Waals surface area contributed by atoms with Gasteiger partial charge in [0.25, 0.3) is 0 Å². The van der Waals surface area contributed by atoms with Gasteiger partial charge in [-0.05, 0) is 70.4 Å². The molecule has 0 bridgehead atoms. The molecule has 0 amide bonds. The van der Waals surface area contributed by atoms with E-state index in [1.807, 2.05) is 6.08 Å². The van der Waals surface area contributed by atoms with Gasteiger partial charge in [0.1, 0.15) is 0 Å². The molecule has 4 heteroatoms. The van der Waals surface area contributed by atoms with E-state index < -0.39 is 0 Å². The van der Waals surface area contributed by atoms with Crippen LogP contribution < -0.4 is 0 Å². The number of carbonyl (C=O) groups excluding carboxylic acids is 1. The second-order valence-electron chi connectivity index (χ2n) is 7.77. The van der Waals surface area contributed by atoms with Gasteiger partial charge in [0.15, 0.2) is 0 Å². The number of rotatable bonds is 1. The Labute approximate surface area is 150 Å². The molecule has 4 nitrogen and oxygen atoms in total. The Morgan fingerprint density at radius 2 is 2.08 bits per heavy atom. The van der Waals surface area contributed by atoms with Crippen molar-refractivity contribution in [3.05, 3.63) is 34.4 Å². The number of methoxy groups -OCH3 is 1. The molecule has 1 aliphatic carbocycles. The number of fused-ring (bicyclic) bond motifs is 2. The van der Waals surface area contributed by atoms with Crippen LogP contribution >= 0.6 is 0 Å². The molecule has 0 N–H and O–H groups in total. The SMILES string of the molecule is COC(=O)/C1=C\CC/C(C)=C/[C@@H]2OCC(C)=C2CC[C@@]2(C)O[C@@H]2CC1. The zero-order chi connectivity index (χ0) is 18.0. The minimum atomic E-state index is -0.212. The smallest absolute Gasteiger partial charge is 0.333 e. The maximum atomic E-state index is 12.0. The molecular weight excluding hydrogens is 316 g/mol. The molecule has 0 aromatic rings. The minimum absolute atomic E-state index is 0.0650. The van der Waals surface area contributed by atoms with Gasteiger partial charge in [0, 0.05) is 5.57 Å². The third-order valence-electron chi connectivity index (χ3n) is 5.79. The van der Waals surface area contributed by atoms with Crippen LogP contribution in [0.2, 0.25) is 0 Å². The highest BCUT2D eigenvalue weighted by molar-refractivity contribution is 5.88. The summed E-state index contributed by atoms with van der Waals surface area (Å²) in [6.07, 6.45) is 10.0. The van der Waals surface area contributed by atoms with Crippen LogP contribution in [-0.2, 0) is 19.0 Å². The second-order valence-corrected chi connectivity index (χ2v) is 7.77.